The van der Waals surface area contributed by atoms with E-state index in [2.05, 4.69) is 17.1 Å². The molecule has 1 aliphatic heterocycles. The van der Waals surface area contributed by atoms with Gasteiger partial charge in [-0.3, -0.25) is 0 Å². The highest BCUT2D eigenvalue weighted by Crippen LogP contribution is 2.39. The first kappa shape index (κ1) is 16.9. The summed E-state index contributed by atoms with van der Waals surface area (Å²) >= 11 is 1.69. The number of nitrogens with zero attached hydrogens (tertiary/aromatic N) is 1. The molecule has 0 spiro atoms. The van der Waals surface area contributed by atoms with Gasteiger partial charge in [0.1, 0.15) is 0 Å². The molecule has 2 N–H and O–H groups in total. The molecular formula is C16H30N2O2S. The number of nitrogens with one attached hydrogen (secondary N) is 1. The van der Waals surface area contributed by atoms with Crippen molar-refractivity contribution in [3.8, 4) is 0 Å². The van der Waals surface area contributed by atoms with E-state index in [1.54, 1.807) is 11.8 Å². The third-order valence-corrected chi connectivity index (χ3v) is 5.96. The summed E-state index contributed by atoms with van der Waals surface area (Å²) in [5, 5.41) is 12.7. The predicted molar refractivity (Wildman–Crippen MR) is 88.7 cm³/mol. The lowest BCUT2D eigenvalue weighted by Gasteiger charge is -2.33. The third-order valence-electron chi connectivity index (χ3n) is 4.56. The van der Waals surface area contributed by atoms with Crippen LogP contribution in [0.25, 0.3) is 0 Å². The minimum absolute atomic E-state index is 0.112. The normalized spacial score (nSPS) is 29.3. The van der Waals surface area contributed by atoms with E-state index in [9.17, 15) is 9.90 Å². The van der Waals surface area contributed by atoms with Gasteiger partial charge in [-0.2, -0.15) is 11.8 Å². The summed E-state index contributed by atoms with van der Waals surface area (Å²) in [6.45, 7) is 6.49. The SMILES string of the molecule is C[C@@H]1C[C@H]2CCCC[C@H]2N1C(=O)NCCSCC(C)(C)O. The maximum atomic E-state index is 12.4. The third kappa shape index (κ3) is 4.78. The van der Waals surface area contributed by atoms with Crippen molar-refractivity contribution in [2.75, 3.05) is 18.1 Å². The molecule has 0 bridgehead atoms. The Bertz CT molecular complexity index is 357. The molecule has 1 aliphatic carbocycles. The van der Waals surface area contributed by atoms with E-state index in [0.717, 1.165) is 11.7 Å². The van der Waals surface area contributed by atoms with Crippen molar-refractivity contribution in [2.45, 2.75) is 70.6 Å². The van der Waals surface area contributed by atoms with E-state index < -0.39 is 5.60 Å². The van der Waals surface area contributed by atoms with Gasteiger partial charge in [-0.25, -0.2) is 4.79 Å². The lowest BCUT2D eigenvalue weighted by molar-refractivity contribution is 0.107. The number of amides is 2. The van der Waals surface area contributed by atoms with Gasteiger partial charge in [0.15, 0.2) is 0 Å². The average molecular weight is 314 g/mol. The summed E-state index contributed by atoms with van der Waals surface area (Å²) in [5.41, 5.74) is -0.631. The molecule has 1 saturated heterocycles. The van der Waals surface area contributed by atoms with Gasteiger partial charge in [-0.1, -0.05) is 12.8 Å². The number of carbonyl (C=O) groups excluding carboxylic acids is 1. The topological polar surface area (TPSA) is 52.6 Å². The lowest BCUT2D eigenvalue weighted by atomic mass is 9.85. The molecule has 122 valence electrons. The molecule has 21 heavy (non-hydrogen) atoms. The number of aliphatic hydroxyl groups is 1. The quantitative estimate of drug-likeness (QED) is 0.767. The van der Waals surface area contributed by atoms with Gasteiger partial charge < -0.3 is 15.3 Å². The van der Waals surface area contributed by atoms with Crippen LogP contribution in [0.5, 0.6) is 0 Å². The standard InChI is InChI=1S/C16H30N2O2S/c1-12-10-13-6-4-5-7-14(13)18(12)15(19)17-8-9-21-11-16(2,3)20/h12-14,20H,4-11H2,1-3H3,(H,17,19)/t12-,13-,14-/m1/s1. The van der Waals surface area contributed by atoms with Gasteiger partial charge in [-0.15, -0.1) is 0 Å². The second kappa shape index (κ2) is 7.23. The van der Waals surface area contributed by atoms with Crippen molar-refractivity contribution in [3.63, 3.8) is 0 Å². The largest absolute Gasteiger partial charge is 0.390 e. The molecule has 0 unspecified atom stereocenters. The second-order valence-electron chi connectivity index (χ2n) is 7.20. The Morgan fingerprint density at radius 3 is 2.81 bits per heavy atom. The van der Waals surface area contributed by atoms with E-state index in [4.69, 9.17) is 0 Å². The van der Waals surface area contributed by atoms with Crippen LogP contribution < -0.4 is 5.32 Å². The Hall–Kier alpha value is -0.420. The Balaban J connectivity index is 1.72. The number of fused-ring (bicyclic) bond motifs is 1. The van der Waals surface area contributed by atoms with Crippen LogP contribution in [-0.4, -0.2) is 51.8 Å². The molecule has 5 heteroatoms. The van der Waals surface area contributed by atoms with Crippen molar-refractivity contribution in [2.24, 2.45) is 5.92 Å². The van der Waals surface area contributed by atoms with E-state index in [1.807, 2.05) is 13.8 Å². The first-order chi connectivity index (χ1) is 9.88. The highest BCUT2D eigenvalue weighted by Gasteiger charge is 2.42. The van der Waals surface area contributed by atoms with Crippen LogP contribution in [0, 0.1) is 5.92 Å². The van der Waals surface area contributed by atoms with Crippen LogP contribution in [0.4, 0.5) is 4.79 Å². The molecule has 1 saturated carbocycles. The second-order valence-corrected chi connectivity index (χ2v) is 8.31. The number of carbonyl (C=O) groups is 1. The summed E-state index contributed by atoms with van der Waals surface area (Å²) in [7, 11) is 0. The number of thioether (sulfide) groups is 1. The molecule has 0 aromatic carbocycles. The number of rotatable bonds is 5. The molecule has 2 aliphatic rings. The van der Waals surface area contributed by atoms with Gasteiger partial charge in [0, 0.05) is 30.1 Å². The van der Waals surface area contributed by atoms with Gasteiger partial charge in [0.05, 0.1) is 5.60 Å². The van der Waals surface area contributed by atoms with Crippen molar-refractivity contribution in [1.82, 2.24) is 10.2 Å². The van der Waals surface area contributed by atoms with Crippen molar-refractivity contribution in [3.05, 3.63) is 0 Å². The molecule has 1 heterocycles. The number of hydrogen-bond donors (Lipinski definition) is 2. The minimum atomic E-state index is -0.631. The van der Waals surface area contributed by atoms with E-state index in [0.29, 0.717) is 24.4 Å². The first-order valence-corrected chi connectivity index (χ1v) is 9.40. The van der Waals surface area contributed by atoms with Gasteiger partial charge in [-0.05, 0) is 46.0 Å². The summed E-state index contributed by atoms with van der Waals surface area (Å²) in [6, 6.07) is 0.959. The van der Waals surface area contributed by atoms with Crippen LogP contribution in [-0.2, 0) is 0 Å². The lowest BCUT2D eigenvalue weighted by Crippen LogP contribution is -2.48. The van der Waals surface area contributed by atoms with Crippen molar-refractivity contribution >= 4 is 17.8 Å². The summed E-state index contributed by atoms with van der Waals surface area (Å²) in [6.07, 6.45) is 6.23. The Morgan fingerprint density at radius 1 is 1.38 bits per heavy atom. The molecule has 2 rings (SSSR count). The molecular weight excluding hydrogens is 284 g/mol. The highest BCUT2D eigenvalue weighted by molar-refractivity contribution is 7.99. The Labute approximate surface area is 133 Å². The number of likely N-dealkylation sites (tertiary alicyclic amines) is 1. The molecule has 0 radical (unpaired) electrons. The minimum Gasteiger partial charge on any atom is -0.390 e. The maximum Gasteiger partial charge on any atom is 0.317 e. The smallest absolute Gasteiger partial charge is 0.317 e. The van der Waals surface area contributed by atoms with E-state index >= 15 is 0 Å². The predicted octanol–water partition coefficient (Wildman–Crippen LogP) is 2.85. The molecule has 2 fully saturated rings. The first-order valence-electron chi connectivity index (χ1n) is 8.25. The molecule has 2 amide bonds. The summed E-state index contributed by atoms with van der Waals surface area (Å²) in [5.74, 6) is 2.28. The fraction of sp³-hybridized carbons (Fsp3) is 0.938. The Morgan fingerprint density at radius 2 is 2.10 bits per heavy atom. The van der Waals surface area contributed by atoms with Gasteiger partial charge >= 0.3 is 6.03 Å². The van der Waals surface area contributed by atoms with Crippen LogP contribution in [0.1, 0.15) is 52.9 Å². The van der Waals surface area contributed by atoms with Crippen molar-refractivity contribution < 1.29 is 9.90 Å². The van der Waals surface area contributed by atoms with Crippen molar-refractivity contribution in [1.29, 1.82) is 0 Å². The zero-order valence-electron chi connectivity index (χ0n) is 13.6. The van der Waals surface area contributed by atoms with Gasteiger partial charge in [0.25, 0.3) is 0 Å². The Kier molecular flexibility index (Phi) is 5.83. The van der Waals surface area contributed by atoms with E-state index in [-0.39, 0.29) is 6.03 Å². The van der Waals surface area contributed by atoms with Crippen LogP contribution in [0.2, 0.25) is 0 Å². The van der Waals surface area contributed by atoms with Gasteiger partial charge in [0.2, 0.25) is 0 Å². The van der Waals surface area contributed by atoms with Crippen LogP contribution in [0.3, 0.4) is 0 Å². The summed E-state index contributed by atoms with van der Waals surface area (Å²) in [4.78, 5) is 14.5. The molecule has 0 aromatic rings. The molecule has 0 aromatic heterocycles. The molecule has 4 nitrogen and oxygen atoms in total. The maximum absolute atomic E-state index is 12.4. The average Bonchev–Trinajstić information content (AvgIpc) is 2.72. The van der Waals surface area contributed by atoms with E-state index in [1.165, 1.54) is 32.1 Å². The fourth-order valence-corrected chi connectivity index (χ4v) is 4.59. The highest BCUT2D eigenvalue weighted by atomic mass is 32.2. The van der Waals surface area contributed by atoms with Crippen LogP contribution in [0.15, 0.2) is 0 Å². The van der Waals surface area contributed by atoms with Crippen LogP contribution >= 0.6 is 11.8 Å². The fourth-order valence-electron chi connectivity index (χ4n) is 3.70. The zero-order chi connectivity index (χ0) is 15.5. The zero-order valence-corrected chi connectivity index (χ0v) is 14.4. The number of urea groups is 1. The number of hydrogen-bond acceptors (Lipinski definition) is 3. The molecule has 3 atom stereocenters. The monoisotopic (exact) mass is 314 g/mol. The summed E-state index contributed by atoms with van der Waals surface area (Å²) < 4.78 is 0.